The van der Waals surface area contributed by atoms with Gasteiger partial charge in [0.2, 0.25) is 11.8 Å². The van der Waals surface area contributed by atoms with E-state index in [4.69, 9.17) is 0 Å². The molecule has 0 aliphatic heterocycles. The molecule has 0 radical (unpaired) electrons. The molecule has 2 rings (SSSR count). The van der Waals surface area contributed by atoms with E-state index in [2.05, 4.69) is 24.5 Å². The molecule has 0 bridgehead atoms. The van der Waals surface area contributed by atoms with E-state index >= 15 is 0 Å². The van der Waals surface area contributed by atoms with E-state index in [-0.39, 0.29) is 17.7 Å². The van der Waals surface area contributed by atoms with E-state index in [0.29, 0.717) is 6.54 Å². The molecule has 26 heavy (non-hydrogen) atoms. The fourth-order valence-corrected chi connectivity index (χ4v) is 2.71. The second-order valence-corrected chi connectivity index (χ2v) is 7.44. The van der Waals surface area contributed by atoms with Crippen LogP contribution in [0.3, 0.4) is 0 Å². The third-order valence-electron chi connectivity index (χ3n) is 4.60. The number of carbonyl (C=O) groups is 2. The first-order valence-electron chi connectivity index (χ1n) is 8.96. The minimum Gasteiger partial charge on any atom is -0.351 e. The number of para-hydroxylation sites is 1. The number of carbonyl (C=O) groups excluding carboxylic acids is 2. The van der Waals surface area contributed by atoms with Gasteiger partial charge in [-0.3, -0.25) is 9.59 Å². The maximum absolute atomic E-state index is 12.8. The minimum atomic E-state index is -1.18. The fraction of sp³-hybridized carbons (Fsp3) is 0.364. The highest BCUT2D eigenvalue weighted by atomic mass is 16.2. The molecule has 0 spiro atoms. The van der Waals surface area contributed by atoms with E-state index in [1.807, 2.05) is 55.5 Å². The van der Waals surface area contributed by atoms with Crippen molar-refractivity contribution >= 4 is 17.5 Å². The lowest BCUT2D eigenvalue weighted by Gasteiger charge is -2.25. The molecule has 138 valence electrons. The third-order valence-corrected chi connectivity index (χ3v) is 4.60. The lowest BCUT2D eigenvalue weighted by Crippen LogP contribution is -2.45. The highest BCUT2D eigenvalue weighted by molar-refractivity contribution is 6.10. The van der Waals surface area contributed by atoms with E-state index in [9.17, 15) is 9.59 Å². The standard InChI is InChI=1S/C22H28N2O2/c1-15(2)18-13-9-10-16(3)19(18)24-21(26)22(4,5)20(25)23-14-17-11-7-6-8-12-17/h6-13,15H,14H2,1-5H3,(H,23,25)(H,24,26). The first-order valence-corrected chi connectivity index (χ1v) is 8.96. The second kappa shape index (κ2) is 8.17. The maximum Gasteiger partial charge on any atom is 0.239 e. The van der Waals surface area contributed by atoms with Crippen LogP contribution >= 0.6 is 0 Å². The Bertz CT molecular complexity index is 780. The van der Waals surface area contributed by atoms with Gasteiger partial charge in [0.05, 0.1) is 0 Å². The van der Waals surface area contributed by atoms with Gasteiger partial charge in [-0.2, -0.15) is 0 Å². The molecule has 2 amide bonds. The molecule has 2 aromatic carbocycles. The molecule has 0 fully saturated rings. The summed E-state index contributed by atoms with van der Waals surface area (Å²) in [6.07, 6.45) is 0. The number of hydrogen-bond acceptors (Lipinski definition) is 2. The highest BCUT2D eigenvalue weighted by Gasteiger charge is 2.36. The molecule has 0 unspecified atom stereocenters. The number of amides is 2. The molecular formula is C22H28N2O2. The predicted molar refractivity (Wildman–Crippen MR) is 106 cm³/mol. The molecule has 0 aromatic heterocycles. The molecule has 0 saturated heterocycles. The van der Waals surface area contributed by atoms with Crippen LogP contribution in [0.2, 0.25) is 0 Å². The molecule has 2 aromatic rings. The Morgan fingerprint density at radius 2 is 1.62 bits per heavy atom. The zero-order valence-electron chi connectivity index (χ0n) is 16.2. The summed E-state index contributed by atoms with van der Waals surface area (Å²) < 4.78 is 0. The highest BCUT2D eigenvalue weighted by Crippen LogP contribution is 2.29. The van der Waals surface area contributed by atoms with E-state index in [1.54, 1.807) is 13.8 Å². The van der Waals surface area contributed by atoms with Gasteiger partial charge in [-0.1, -0.05) is 62.4 Å². The molecule has 2 N–H and O–H groups in total. The average molecular weight is 352 g/mol. The van der Waals surface area contributed by atoms with Crippen LogP contribution in [0.5, 0.6) is 0 Å². The van der Waals surface area contributed by atoms with Gasteiger partial charge in [0, 0.05) is 12.2 Å². The Morgan fingerprint density at radius 3 is 2.23 bits per heavy atom. The normalized spacial score (nSPS) is 11.3. The summed E-state index contributed by atoms with van der Waals surface area (Å²) in [7, 11) is 0. The third kappa shape index (κ3) is 4.51. The Hall–Kier alpha value is -2.62. The van der Waals surface area contributed by atoms with Gasteiger partial charge >= 0.3 is 0 Å². The summed E-state index contributed by atoms with van der Waals surface area (Å²) in [6.45, 7) is 9.83. The van der Waals surface area contributed by atoms with Crippen LogP contribution in [0.4, 0.5) is 5.69 Å². The van der Waals surface area contributed by atoms with E-state index in [1.165, 1.54) is 0 Å². The lowest BCUT2D eigenvalue weighted by atomic mass is 9.90. The van der Waals surface area contributed by atoms with Gasteiger partial charge in [-0.15, -0.1) is 0 Å². The molecular weight excluding hydrogens is 324 g/mol. The van der Waals surface area contributed by atoms with Crippen molar-refractivity contribution in [1.29, 1.82) is 0 Å². The summed E-state index contributed by atoms with van der Waals surface area (Å²) in [5.41, 5.74) is 2.68. The molecule has 0 atom stereocenters. The number of anilines is 1. The van der Waals surface area contributed by atoms with Crippen molar-refractivity contribution in [3.63, 3.8) is 0 Å². The SMILES string of the molecule is Cc1cccc(C(C)C)c1NC(=O)C(C)(C)C(=O)NCc1ccccc1. The van der Waals surface area contributed by atoms with Gasteiger partial charge in [0.15, 0.2) is 0 Å². The molecule has 0 aliphatic rings. The Balaban J connectivity index is 2.11. The van der Waals surface area contributed by atoms with Crippen LogP contribution in [0, 0.1) is 12.3 Å². The van der Waals surface area contributed by atoms with Crippen molar-refractivity contribution < 1.29 is 9.59 Å². The van der Waals surface area contributed by atoms with Crippen LogP contribution in [0.1, 0.15) is 50.3 Å². The minimum absolute atomic E-state index is 0.278. The van der Waals surface area contributed by atoms with Gasteiger partial charge in [0.1, 0.15) is 5.41 Å². The quantitative estimate of drug-likeness (QED) is 0.757. The number of aryl methyl sites for hydroxylation is 1. The summed E-state index contributed by atoms with van der Waals surface area (Å²) in [4.78, 5) is 25.4. The zero-order chi connectivity index (χ0) is 19.3. The Kier molecular flexibility index (Phi) is 6.19. The summed E-state index contributed by atoms with van der Waals surface area (Å²) in [5.74, 6) is -0.321. The van der Waals surface area contributed by atoms with Crippen molar-refractivity contribution in [2.24, 2.45) is 5.41 Å². The second-order valence-electron chi connectivity index (χ2n) is 7.44. The van der Waals surface area contributed by atoms with Gasteiger partial charge in [0.25, 0.3) is 0 Å². The number of nitrogens with one attached hydrogen (secondary N) is 2. The van der Waals surface area contributed by atoms with Crippen LogP contribution < -0.4 is 10.6 Å². The van der Waals surface area contributed by atoms with E-state index < -0.39 is 5.41 Å². The molecule has 4 heteroatoms. The molecule has 0 aliphatic carbocycles. The van der Waals surface area contributed by atoms with E-state index in [0.717, 1.165) is 22.4 Å². The summed E-state index contributed by atoms with van der Waals surface area (Å²) in [6, 6.07) is 15.6. The average Bonchev–Trinajstić information content (AvgIpc) is 2.61. The first kappa shape index (κ1) is 19.7. The smallest absolute Gasteiger partial charge is 0.239 e. The number of rotatable bonds is 6. The molecule has 0 saturated carbocycles. The lowest BCUT2D eigenvalue weighted by molar-refractivity contribution is -0.138. The predicted octanol–water partition coefficient (Wildman–Crippen LogP) is 4.40. The van der Waals surface area contributed by atoms with Crippen LogP contribution in [-0.4, -0.2) is 11.8 Å². The summed E-state index contributed by atoms with van der Waals surface area (Å²) >= 11 is 0. The van der Waals surface area contributed by atoms with Gasteiger partial charge < -0.3 is 10.6 Å². The van der Waals surface area contributed by atoms with Crippen LogP contribution in [0.25, 0.3) is 0 Å². The molecule has 4 nitrogen and oxygen atoms in total. The van der Waals surface area contributed by atoms with Gasteiger partial charge in [-0.05, 0) is 43.4 Å². The number of benzene rings is 2. The van der Waals surface area contributed by atoms with Crippen molar-refractivity contribution in [2.75, 3.05) is 5.32 Å². The monoisotopic (exact) mass is 352 g/mol. The molecule has 0 heterocycles. The Labute approximate surface area is 156 Å². The van der Waals surface area contributed by atoms with Crippen molar-refractivity contribution in [3.05, 3.63) is 65.2 Å². The zero-order valence-corrected chi connectivity index (χ0v) is 16.2. The first-order chi connectivity index (χ1) is 12.2. The topological polar surface area (TPSA) is 58.2 Å². The van der Waals surface area contributed by atoms with Crippen molar-refractivity contribution in [3.8, 4) is 0 Å². The Morgan fingerprint density at radius 1 is 0.962 bits per heavy atom. The van der Waals surface area contributed by atoms with Crippen LogP contribution in [-0.2, 0) is 16.1 Å². The fourth-order valence-electron chi connectivity index (χ4n) is 2.71. The van der Waals surface area contributed by atoms with Crippen LogP contribution in [0.15, 0.2) is 48.5 Å². The van der Waals surface area contributed by atoms with Crippen molar-refractivity contribution in [1.82, 2.24) is 5.32 Å². The summed E-state index contributed by atoms with van der Waals surface area (Å²) in [5, 5.41) is 5.84. The largest absolute Gasteiger partial charge is 0.351 e. The van der Waals surface area contributed by atoms with Gasteiger partial charge in [-0.25, -0.2) is 0 Å². The maximum atomic E-state index is 12.8. The van der Waals surface area contributed by atoms with Crippen molar-refractivity contribution in [2.45, 2.75) is 47.1 Å². The number of hydrogen-bond donors (Lipinski definition) is 2.